The fraction of sp³-hybridized carbons (Fsp3) is 0.471. The maximum Gasteiger partial charge on any atom is 0.451 e. The second-order valence-corrected chi connectivity index (χ2v) is 8.79. The van der Waals surface area contributed by atoms with Gasteiger partial charge in [0.1, 0.15) is 0 Å². The number of hydrogen-bond donors (Lipinski definition) is 2. The van der Waals surface area contributed by atoms with Gasteiger partial charge in [0.15, 0.2) is 0 Å². The lowest BCUT2D eigenvalue weighted by Crippen LogP contribution is -2.38. The van der Waals surface area contributed by atoms with E-state index in [9.17, 15) is 26.4 Å². The van der Waals surface area contributed by atoms with Gasteiger partial charge in [0, 0.05) is 18.7 Å². The number of benzene rings is 1. The second kappa shape index (κ2) is 8.11. The van der Waals surface area contributed by atoms with E-state index < -0.39 is 33.9 Å². The lowest BCUT2D eigenvalue weighted by molar-refractivity contribution is -0.144. The maximum atomic E-state index is 12.8. The number of rotatable bonds is 5. The third-order valence-corrected chi connectivity index (χ3v) is 6.79. The predicted octanol–water partition coefficient (Wildman–Crippen LogP) is 3.03. The van der Waals surface area contributed by atoms with Gasteiger partial charge in [-0.3, -0.25) is 15.2 Å². The summed E-state index contributed by atoms with van der Waals surface area (Å²) in [7, 11) is -2.16. The average molecular weight is 431 g/mol. The molecule has 2 N–H and O–H groups in total. The van der Waals surface area contributed by atoms with Crippen molar-refractivity contribution in [2.75, 3.05) is 12.4 Å². The molecular formula is C17H20F3N5O3S. The number of aromatic nitrogens is 3. The fourth-order valence-electron chi connectivity index (χ4n) is 3.20. The molecule has 29 heavy (non-hydrogen) atoms. The summed E-state index contributed by atoms with van der Waals surface area (Å²) < 4.78 is 64.5. The molecule has 0 bridgehead atoms. The van der Waals surface area contributed by atoms with Crippen LogP contribution in [-0.2, 0) is 16.2 Å². The van der Waals surface area contributed by atoms with E-state index >= 15 is 0 Å². The standard InChI is InChI=1S/C17H20F3N5O3S/c1-25(12-5-3-2-4-6-12)29(27,28)13-9-7-11(8-10-13)14(26)21-16-22-15(23-24-16)17(18,19)20/h7-10,12H,2-6H2,1H3,(H2,21,22,23,24,26). The summed E-state index contributed by atoms with van der Waals surface area (Å²) >= 11 is 0. The molecule has 0 saturated heterocycles. The van der Waals surface area contributed by atoms with Crippen molar-refractivity contribution in [3.8, 4) is 0 Å². The molecule has 1 heterocycles. The molecule has 2 aromatic rings. The Labute approximate surface area is 165 Å². The number of sulfonamides is 1. The summed E-state index contributed by atoms with van der Waals surface area (Å²) in [4.78, 5) is 15.4. The highest BCUT2D eigenvalue weighted by atomic mass is 32.2. The normalized spacial score (nSPS) is 16.2. The second-order valence-electron chi connectivity index (χ2n) is 6.80. The molecule has 0 atom stereocenters. The van der Waals surface area contributed by atoms with Crippen molar-refractivity contribution < 1.29 is 26.4 Å². The van der Waals surface area contributed by atoms with Crippen LogP contribution >= 0.6 is 0 Å². The van der Waals surface area contributed by atoms with Crippen molar-refractivity contribution >= 4 is 21.9 Å². The van der Waals surface area contributed by atoms with Crippen molar-refractivity contribution in [2.45, 2.75) is 49.2 Å². The summed E-state index contributed by atoms with van der Waals surface area (Å²) in [6, 6.07) is 5.11. The Kier molecular flexibility index (Phi) is 5.94. The van der Waals surface area contributed by atoms with Gasteiger partial charge in [-0.2, -0.15) is 22.5 Å². The quantitative estimate of drug-likeness (QED) is 0.757. The number of nitrogens with zero attached hydrogens (tertiary/aromatic N) is 3. The number of carbonyl (C=O) groups excluding carboxylic acids is 1. The van der Waals surface area contributed by atoms with Crippen LogP contribution in [0.2, 0.25) is 0 Å². The predicted molar refractivity (Wildman–Crippen MR) is 97.6 cm³/mol. The van der Waals surface area contributed by atoms with Crippen LogP contribution < -0.4 is 5.32 Å². The highest BCUT2D eigenvalue weighted by Crippen LogP contribution is 2.27. The molecule has 0 aliphatic heterocycles. The number of aromatic amines is 1. The van der Waals surface area contributed by atoms with Gasteiger partial charge in [-0.1, -0.05) is 19.3 Å². The SMILES string of the molecule is CN(C1CCCCC1)S(=O)(=O)c1ccc(C(=O)Nc2n[nH]c(C(F)(F)F)n2)cc1. The van der Waals surface area contributed by atoms with E-state index in [2.05, 4.69) is 15.4 Å². The number of nitrogens with one attached hydrogen (secondary N) is 2. The molecule has 1 amide bonds. The molecule has 1 aliphatic rings. The fourth-order valence-corrected chi connectivity index (χ4v) is 4.62. The topological polar surface area (TPSA) is 108 Å². The molecule has 1 aromatic carbocycles. The van der Waals surface area contributed by atoms with Gasteiger partial charge >= 0.3 is 6.18 Å². The van der Waals surface area contributed by atoms with Crippen molar-refractivity contribution in [3.63, 3.8) is 0 Å². The van der Waals surface area contributed by atoms with Crippen molar-refractivity contribution in [1.82, 2.24) is 19.5 Å². The van der Waals surface area contributed by atoms with Crippen molar-refractivity contribution in [1.29, 1.82) is 0 Å². The molecule has 1 fully saturated rings. The largest absolute Gasteiger partial charge is 0.451 e. The van der Waals surface area contributed by atoms with Crippen LogP contribution in [-0.4, -0.2) is 46.9 Å². The molecule has 3 rings (SSSR count). The number of H-pyrrole nitrogens is 1. The lowest BCUT2D eigenvalue weighted by Gasteiger charge is -2.30. The van der Waals surface area contributed by atoms with Crippen LogP contribution in [0.4, 0.5) is 19.1 Å². The molecule has 1 aliphatic carbocycles. The number of alkyl halides is 3. The van der Waals surface area contributed by atoms with Crippen LogP contribution in [0.1, 0.15) is 48.3 Å². The molecular weight excluding hydrogens is 411 g/mol. The zero-order chi connectivity index (χ0) is 21.2. The number of halogens is 3. The summed E-state index contributed by atoms with van der Waals surface area (Å²) in [6.45, 7) is 0. The molecule has 12 heteroatoms. The molecule has 0 unspecified atom stereocenters. The first-order chi connectivity index (χ1) is 13.6. The Morgan fingerprint density at radius 1 is 1.17 bits per heavy atom. The molecule has 1 saturated carbocycles. The van der Waals surface area contributed by atoms with Gasteiger partial charge in [-0.25, -0.2) is 8.42 Å². The molecule has 158 valence electrons. The van der Waals surface area contributed by atoms with Crippen LogP contribution in [0, 0.1) is 0 Å². The molecule has 0 spiro atoms. The van der Waals surface area contributed by atoms with Gasteiger partial charge in [0.25, 0.3) is 5.91 Å². The van der Waals surface area contributed by atoms with E-state index in [1.165, 1.54) is 28.6 Å². The maximum absolute atomic E-state index is 12.8. The highest BCUT2D eigenvalue weighted by molar-refractivity contribution is 7.89. The van der Waals surface area contributed by atoms with Gasteiger partial charge in [0.05, 0.1) is 4.90 Å². The highest BCUT2D eigenvalue weighted by Gasteiger charge is 2.35. The zero-order valence-electron chi connectivity index (χ0n) is 15.5. The number of amides is 1. The van der Waals surface area contributed by atoms with E-state index in [1.54, 1.807) is 12.1 Å². The first-order valence-corrected chi connectivity index (χ1v) is 10.4. The Morgan fingerprint density at radius 2 is 1.79 bits per heavy atom. The van der Waals surface area contributed by atoms with E-state index in [-0.39, 0.29) is 16.5 Å². The average Bonchev–Trinajstić information content (AvgIpc) is 3.17. The number of anilines is 1. The van der Waals surface area contributed by atoms with Gasteiger partial charge in [-0.05, 0) is 37.1 Å². The Morgan fingerprint density at radius 3 is 2.34 bits per heavy atom. The summed E-state index contributed by atoms with van der Waals surface area (Å²) in [6.07, 6.45) is -0.0126. The summed E-state index contributed by atoms with van der Waals surface area (Å²) in [5.74, 6) is -2.63. The monoisotopic (exact) mass is 431 g/mol. The van der Waals surface area contributed by atoms with Gasteiger partial charge in [-0.15, -0.1) is 5.10 Å². The summed E-state index contributed by atoms with van der Waals surface area (Å²) in [5, 5.41) is 7.11. The molecule has 0 radical (unpaired) electrons. The van der Waals surface area contributed by atoms with Crippen molar-refractivity contribution in [3.05, 3.63) is 35.7 Å². The van der Waals surface area contributed by atoms with E-state index in [1.807, 2.05) is 0 Å². The first-order valence-electron chi connectivity index (χ1n) is 8.98. The number of hydrogen-bond acceptors (Lipinski definition) is 5. The van der Waals surface area contributed by atoms with Gasteiger partial charge < -0.3 is 0 Å². The smallest absolute Gasteiger partial charge is 0.289 e. The zero-order valence-corrected chi connectivity index (χ0v) is 16.3. The van der Waals surface area contributed by atoms with E-state index in [0.29, 0.717) is 0 Å². The Balaban J connectivity index is 1.70. The van der Waals surface area contributed by atoms with Gasteiger partial charge in [0.2, 0.25) is 21.8 Å². The molecule has 8 nitrogen and oxygen atoms in total. The van der Waals surface area contributed by atoms with E-state index in [0.717, 1.165) is 32.1 Å². The van der Waals surface area contributed by atoms with Crippen LogP contribution in [0.25, 0.3) is 0 Å². The first kappa shape index (κ1) is 21.2. The van der Waals surface area contributed by atoms with Crippen LogP contribution in [0.15, 0.2) is 29.2 Å². The lowest BCUT2D eigenvalue weighted by atomic mass is 9.96. The summed E-state index contributed by atoms with van der Waals surface area (Å²) in [5.41, 5.74) is 0.0580. The third kappa shape index (κ3) is 4.75. The minimum absolute atomic E-state index is 0.0411. The third-order valence-electron chi connectivity index (χ3n) is 4.86. The Hall–Kier alpha value is -2.47. The van der Waals surface area contributed by atoms with Crippen molar-refractivity contribution in [2.24, 2.45) is 0 Å². The molecule has 1 aromatic heterocycles. The van der Waals surface area contributed by atoms with Crippen LogP contribution in [0.3, 0.4) is 0 Å². The van der Waals surface area contributed by atoms with Crippen LogP contribution in [0.5, 0.6) is 0 Å². The minimum Gasteiger partial charge on any atom is -0.289 e. The number of carbonyl (C=O) groups is 1. The van der Waals surface area contributed by atoms with E-state index in [4.69, 9.17) is 0 Å². The minimum atomic E-state index is -4.71. The Bertz CT molecular complexity index is 967.